The van der Waals surface area contributed by atoms with E-state index in [9.17, 15) is 4.79 Å². The van der Waals surface area contributed by atoms with Gasteiger partial charge in [0.1, 0.15) is 5.78 Å². The van der Waals surface area contributed by atoms with E-state index in [2.05, 4.69) is 25.6 Å². The Morgan fingerprint density at radius 2 is 1.50 bits per heavy atom. The molecule has 1 heteroatoms. The topological polar surface area (TPSA) is 17.1 Å². The molecule has 0 N–H and O–H groups in total. The molecule has 0 unspecified atom stereocenters. The van der Waals surface area contributed by atoms with E-state index >= 15 is 0 Å². The third kappa shape index (κ3) is 2.88. The number of carbonyl (C=O) groups is 1. The van der Waals surface area contributed by atoms with Crippen LogP contribution in [0.3, 0.4) is 0 Å². The molecule has 0 aliphatic carbocycles. The van der Waals surface area contributed by atoms with Gasteiger partial charge in [-0.25, -0.2) is 0 Å². The molecule has 2 aromatic rings. The molecule has 0 amide bonds. The van der Waals surface area contributed by atoms with Crippen LogP contribution in [-0.4, -0.2) is 5.78 Å². The summed E-state index contributed by atoms with van der Waals surface area (Å²) in [6.07, 6.45) is 0.463. The molecule has 102 valence electrons. The molecule has 20 heavy (non-hydrogen) atoms. The molecule has 0 saturated carbocycles. The lowest BCUT2D eigenvalue weighted by Crippen LogP contribution is -2.26. The smallest absolute Gasteiger partial charge is 0.131 e. The summed E-state index contributed by atoms with van der Waals surface area (Å²) in [5.41, 5.74) is 2.83. The van der Waals surface area contributed by atoms with E-state index in [1.807, 2.05) is 48.5 Å². The predicted octanol–water partition coefficient (Wildman–Crippen LogP) is 4.64. The second kappa shape index (κ2) is 5.87. The highest BCUT2D eigenvalue weighted by Gasteiger charge is 2.31. The van der Waals surface area contributed by atoms with Crippen molar-refractivity contribution in [2.24, 2.45) is 0 Å². The number of allylic oxidation sites excluding steroid dienone is 1. The fraction of sp³-hybridized carbons (Fsp3) is 0.211. The van der Waals surface area contributed by atoms with Gasteiger partial charge in [-0.2, -0.15) is 0 Å². The monoisotopic (exact) mass is 264 g/mol. The highest BCUT2D eigenvalue weighted by molar-refractivity contribution is 5.84. The molecule has 0 saturated heterocycles. The zero-order chi connectivity index (χ0) is 14.6. The number of Topliss-reactive ketones (excluding diaryl/α,β-unsaturated/α-hetero) is 1. The van der Waals surface area contributed by atoms with Crippen LogP contribution in [0, 0.1) is 0 Å². The molecule has 0 radical (unpaired) electrons. The van der Waals surface area contributed by atoms with Gasteiger partial charge in [0.15, 0.2) is 0 Å². The standard InChI is InChI=1S/C19H20O/c1-15(20)14-19(3,18-12-8-5-9-13-18)16(2)17-10-6-4-7-11-17/h4-13H,2,14H2,1,3H3/t19-/m0/s1. The minimum Gasteiger partial charge on any atom is -0.300 e. The van der Waals surface area contributed by atoms with Gasteiger partial charge in [-0.15, -0.1) is 0 Å². The molecule has 1 nitrogen and oxygen atoms in total. The molecule has 2 rings (SSSR count). The summed E-state index contributed by atoms with van der Waals surface area (Å²) < 4.78 is 0. The van der Waals surface area contributed by atoms with Crippen LogP contribution in [0.4, 0.5) is 0 Å². The number of carbonyl (C=O) groups excluding carboxylic acids is 1. The van der Waals surface area contributed by atoms with Gasteiger partial charge in [0, 0.05) is 11.8 Å². The Balaban J connectivity index is 2.48. The van der Waals surface area contributed by atoms with Gasteiger partial charge in [0.2, 0.25) is 0 Å². The Morgan fingerprint density at radius 1 is 1.00 bits per heavy atom. The molecule has 0 spiro atoms. The van der Waals surface area contributed by atoms with Crippen molar-refractivity contribution in [2.75, 3.05) is 0 Å². The van der Waals surface area contributed by atoms with Crippen molar-refractivity contribution in [1.29, 1.82) is 0 Å². The summed E-state index contributed by atoms with van der Waals surface area (Å²) in [5.74, 6) is 0.174. The van der Waals surface area contributed by atoms with Crippen LogP contribution < -0.4 is 0 Å². The SMILES string of the molecule is C=C(c1ccccc1)[C@](C)(CC(C)=O)c1ccccc1. The van der Waals surface area contributed by atoms with E-state index in [0.29, 0.717) is 6.42 Å². The Hall–Kier alpha value is -2.15. The Morgan fingerprint density at radius 3 is 2.00 bits per heavy atom. The van der Waals surface area contributed by atoms with Crippen LogP contribution in [0.2, 0.25) is 0 Å². The maximum Gasteiger partial charge on any atom is 0.131 e. The van der Waals surface area contributed by atoms with Crippen LogP contribution in [-0.2, 0) is 10.2 Å². The Labute approximate surface area is 121 Å². The fourth-order valence-corrected chi connectivity index (χ4v) is 2.64. The third-order valence-corrected chi connectivity index (χ3v) is 3.80. The van der Waals surface area contributed by atoms with Crippen LogP contribution in [0.1, 0.15) is 31.4 Å². The maximum atomic E-state index is 11.7. The van der Waals surface area contributed by atoms with Crippen molar-refractivity contribution >= 4 is 11.4 Å². The minimum absolute atomic E-state index is 0.174. The average molecular weight is 264 g/mol. The van der Waals surface area contributed by atoms with E-state index in [-0.39, 0.29) is 11.2 Å². The van der Waals surface area contributed by atoms with E-state index in [0.717, 1.165) is 16.7 Å². The largest absolute Gasteiger partial charge is 0.300 e. The maximum absolute atomic E-state index is 11.7. The molecule has 2 aromatic carbocycles. The lowest BCUT2D eigenvalue weighted by atomic mass is 9.71. The first-order chi connectivity index (χ1) is 9.54. The van der Waals surface area contributed by atoms with Crippen molar-refractivity contribution in [1.82, 2.24) is 0 Å². The van der Waals surface area contributed by atoms with Crippen molar-refractivity contribution in [3.05, 3.63) is 78.4 Å². The highest BCUT2D eigenvalue weighted by Crippen LogP contribution is 2.40. The molecule has 0 aliphatic heterocycles. The van der Waals surface area contributed by atoms with Crippen LogP contribution in [0.15, 0.2) is 67.2 Å². The number of benzene rings is 2. The summed E-state index contributed by atoms with van der Waals surface area (Å²) in [4.78, 5) is 11.7. The van der Waals surface area contributed by atoms with Gasteiger partial charge in [-0.3, -0.25) is 4.79 Å². The first kappa shape index (κ1) is 14.3. The lowest BCUT2D eigenvalue weighted by Gasteiger charge is -2.32. The second-order valence-corrected chi connectivity index (χ2v) is 5.42. The second-order valence-electron chi connectivity index (χ2n) is 5.42. The quantitative estimate of drug-likeness (QED) is 0.769. The number of hydrogen-bond acceptors (Lipinski definition) is 1. The Kier molecular flexibility index (Phi) is 4.19. The molecule has 1 atom stereocenters. The summed E-state index contributed by atoms with van der Waals surface area (Å²) >= 11 is 0. The third-order valence-electron chi connectivity index (χ3n) is 3.80. The Bertz CT molecular complexity index is 598. The molecule has 0 aliphatic rings. The number of ketones is 1. The van der Waals surface area contributed by atoms with E-state index in [4.69, 9.17) is 0 Å². The van der Waals surface area contributed by atoms with Crippen LogP contribution in [0.25, 0.3) is 5.57 Å². The van der Waals surface area contributed by atoms with Crippen molar-refractivity contribution in [3.8, 4) is 0 Å². The van der Waals surface area contributed by atoms with Crippen molar-refractivity contribution in [2.45, 2.75) is 25.7 Å². The minimum atomic E-state index is -0.367. The van der Waals surface area contributed by atoms with E-state index < -0.39 is 0 Å². The van der Waals surface area contributed by atoms with Gasteiger partial charge in [0.05, 0.1) is 0 Å². The normalized spacial score (nSPS) is 13.5. The van der Waals surface area contributed by atoms with Crippen LogP contribution in [0.5, 0.6) is 0 Å². The van der Waals surface area contributed by atoms with Gasteiger partial charge in [0.25, 0.3) is 0 Å². The first-order valence-corrected chi connectivity index (χ1v) is 6.84. The van der Waals surface area contributed by atoms with Gasteiger partial charge in [-0.1, -0.05) is 74.2 Å². The van der Waals surface area contributed by atoms with Gasteiger partial charge in [-0.05, 0) is 23.6 Å². The van der Waals surface area contributed by atoms with Gasteiger partial charge < -0.3 is 0 Å². The van der Waals surface area contributed by atoms with Crippen molar-refractivity contribution < 1.29 is 4.79 Å². The zero-order valence-electron chi connectivity index (χ0n) is 12.1. The molecule has 0 fully saturated rings. The fourth-order valence-electron chi connectivity index (χ4n) is 2.64. The van der Waals surface area contributed by atoms with Crippen LogP contribution >= 0.6 is 0 Å². The average Bonchev–Trinajstić information content (AvgIpc) is 2.47. The zero-order valence-corrected chi connectivity index (χ0v) is 12.1. The van der Waals surface area contributed by atoms with E-state index in [1.165, 1.54) is 0 Å². The number of hydrogen-bond donors (Lipinski definition) is 0. The summed E-state index contributed by atoms with van der Waals surface area (Å²) in [6, 6.07) is 20.2. The lowest BCUT2D eigenvalue weighted by molar-refractivity contribution is -0.117. The van der Waals surface area contributed by atoms with Crippen molar-refractivity contribution in [3.63, 3.8) is 0 Å². The molecule has 0 aromatic heterocycles. The molecule has 0 heterocycles. The number of rotatable bonds is 5. The first-order valence-electron chi connectivity index (χ1n) is 6.84. The molecular weight excluding hydrogens is 244 g/mol. The highest BCUT2D eigenvalue weighted by atomic mass is 16.1. The molecular formula is C19H20O. The summed E-state index contributed by atoms with van der Waals surface area (Å²) in [7, 11) is 0. The predicted molar refractivity (Wildman–Crippen MR) is 84.6 cm³/mol. The van der Waals surface area contributed by atoms with Gasteiger partial charge >= 0.3 is 0 Å². The summed E-state index contributed by atoms with van der Waals surface area (Å²) in [5, 5.41) is 0. The summed E-state index contributed by atoms with van der Waals surface area (Å²) in [6.45, 7) is 8.01. The van der Waals surface area contributed by atoms with E-state index in [1.54, 1.807) is 6.92 Å². The molecule has 0 bridgehead atoms.